The van der Waals surface area contributed by atoms with E-state index in [0.29, 0.717) is 16.1 Å². The van der Waals surface area contributed by atoms with Crippen LogP contribution in [-0.4, -0.2) is 31.0 Å². The molecule has 1 aliphatic carbocycles. The van der Waals surface area contributed by atoms with Gasteiger partial charge in [0.2, 0.25) is 0 Å². The number of rotatable bonds is 7. The van der Waals surface area contributed by atoms with Gasteiger partial charge in [-0.3, -0.25) is 4.79 Å². The topological polar surface area (TPSA) is 71.2 Å². The number of nitrogens with one attached hydrogen (secondary N) is 1. The van der Waals surface area contributed by atoms with Crippen molar-refractivity contribution < 1.29 is 4.79 Å². The lowest BCUT2D eigenvalue weighted by molar-refractivity contribution is 0.0948. The van der Waals surface area contributed by atoms with E-state index in [2.05, 4.69) is 17.2 Å². The van der Waals surface area contributed by atoms with E-state index in [4.69, 9.17) is 5.73 Å². The van der Waals surface area contributed by atoms with Crippen LogP contribution in [0.5, 0.6) is 0 Å². The van der Waals surface area contributed by atoms with Crippen molar-refractivity contribution in [1.82, 2.24) is 10.3 Å². The third-order valence-corrected chi connectivity index (χ3v) is 5.19. The molecule has 1 amide bonds. The molecule has 1 aromatic rings. The highest BCUT2D eigenvalue weighted by Gasteiger charge is 2.41. The summed E-state index contributed by atoms with van der Waals surface area (Å²) in [5, 5.41) is 3.83. The number of anilines is 2. The van der Waals surface area contributed by atoms with Crippen molar-refractivity contribution in [3.05, 3.63) is 4.88 Å². The normalized spacial score (nSPS) is 15.9. The molecule has 5 nitrogen and oxygen atoms in total. The van der Waals surface area contributed by atoms with Crippen LogP contribution in [0.2, 0.25) is 0 Å². The highest BCUT2D eigenvalue weighted by molar-refractivity contribution is 7.18. The average Bonchev–Trinajstić information content (AvgIpc) is 3.09. The van der Waals surface area contributed by atoms with Gasteiger partial charge < -0.3 is 16.0 Å². The zero-order chi connectivity index (χ0) is 14.8. The van der Waals surface area contributed by atoms with Gasteiger partial charge in [-0.2, -0.15) is 0 Å². The first kappa shape index (κ1) is 15.1. The molecule has 1 saturated carbocycles. The lowest BCUT2D eigenvalue weighted by Crippen LogP contribution is -2.30. The number of nitrogen functional groups attached to an aromatic ring is 1. The van der Waals surface area contributed by atoms with Crippen LogP contribution in [0.25, 0.3) is 0 Å². The fourth-order valence-corrected chi connectivity index (χ4v) is 3.28. The number of nitrogens with zero attached hydrogens (tertiary/aromatic N) is 2. The summed E-state index contributed by atoms with van der Waals surface area (Å²) in [6.07, 6.45) is 4.81. The van der Waals surface area contributed by atoms with Crippen LogP contribution in [0.15, 0.2) is 0 Å². The smallest absolute Gasteiger partial charge is 0.265 e. The maximum atomic E-state index is 12.2. The van der Waals surface area contributed by atoms with Gasteiger partial charge in [0, 0.05) is 20.1 Å². The predicted molar refractivity (Wildman–Crippen MR) is 84.4 cm³/mol. The van der Waals surface area contributed by atoms with E-state index in [-0.39, 0.29) is 5.91 Å². The second kappa shape index (κ2) is 5.99. The molecule has 1 aliphatic rings. The Morgan fingerprint density at radius 3 is 2.75 bits per heavy atom. The zero-order valence-corrected chi connectivity index (χ0v) is 13.3. The van der Waals surface area contributed by atoms with E-state index >= 15 is 0 Å². The van der Waals surface area contributed by atoms with Crippen molar-refractivity contribution in [3.8, 4) is 0 Å². The minimum absolute atomic E-state index is 0.0851. The summed E-state index contributed by atoms with van der Waals surface area (Å²) in [5.41, 5.74) is 6.21. The van der Waals surface area contributed by atoms with Crippen LogP contribution in [0, 0.1) is 5.41 Å². The summed E-state index contributed by atoms with van der Waals surface area (Å²) in [6.45, 7) is 5.83. The summed E-state index contributed by atoms with van der Waals surface area (Å²) in [7, 11) is 1.94. The van der Waals surface area contributed by atoms with Gasteiger partial charge in [0.15, 0.2) is 5.13 Å². The van der Waals surface area contributed by atoms with E-state index in [1.807, 2.05) is 18.9 Å². The SMILES string of the molecule is CCCC1(CNC(=O)c2sc(N(C)CC)nc2N)CC1. The standard InChI is InChI=1S/C14H24N4OS/c1-4-6-14(7-8-14)9-16-12(19)10-11(15)17-13(20-10)18(3)5-2/h4-9,15H2,1-3H3,(H,16,19). The van der Waals surface area contributed by atoms with Crippen molar-refractivity contribution in [2.45, 2.75) is 39.5 Å². The van der Waals surface area contributed by atoms with Crippen molar-refractivity contribution in [2.24, 2.45) is 5.41 Å². The number of nitrogens with two attached hydrogens (primary N) is 1. The summed E-state index contributed by atoms with van der Waals surface area (Å²) < 4.78 is 0. The molecule has 20 heavy (non-hydrogen) atoms. The molecule has 0 saturated heterocycles. The molecule has 2 rings (SSSR count). The van der Waals surface area contributed by atoms with Gasteiger partial charge >= 0.3 is 0 Å². The molecular weight excluding hydrogens is 272 g/mol. The zero-order valence-electron chi connectivity index (χ0n) is 12.5. The van der Waals surface area contributed by atoms with Gasteiger partial charge in [-0.25, -0.2) is 4.98 Å². The molecule has 0 aromatic carbocycles. The molecule has 0 aliphatic heterocycles. The average molecular weight is 296 g/mol. The first-order valence-corrected chi connectivity index (χ1v) is 8.08. The largest absolute Gasteiger partial charge is 0.382 e. The molecule has 1 heterocycles. The third-order valence-electron chi connectivity index (χ3n) is 4.01. The molecule has 3 N–H and O–H groups in total. The first-order valence-electron chi connectivity index (χ1n) is 7.27. The number of hydrogen-bond donors (Lipinski definition) is 2. The fraction of sp³-hybridized carbons (Fsp3) is 0.714. The van der Waals surface area contributed by atoms with Crippen LogP contribution < -0.4 is 16.0 Å². The van der Waals surface area contributed by atoms with E-state index in [1.165, 1.54) is 37.0 Å². The summed E-state index contributed by atoms with van der Waals surface area (Å²) in [6, 6.07) is 0. The van der Waals surface area contributed by atoms with Crippen molar-refractivity contribution >= 4 is 28.2 Å². The molecule has 0 unspecified atom stereocenters. The lowest BCUT2D eigenvalue weighted by atomic mass is 10.0. The van der Waals surface area contributed by atoms with Crippen LogP contribution >= 0.6 is 11.3 Å². The third kappa shape index (κ3) is 3.23. The second-order valence-electron chi connectivity index (χ2n) is 5.66. The Labute approximate surface area is 124 Å². The monoisotopic (exact) mass is 296 g/mol. The molecule has 0 spiro atoms. The van der Waals surface area contributed by atoms with E-state index < -0.39 is 0 Å². The molecular formula is C14H24N4OS. The first-order chi connectivity index (χ1) is 9.51. The summed E-state index contributed by atoms with van der Waals surface area (Å²) in [5.74, 6) is 0.251. The van der Waals surface area contributed by atoms with E-state index in [1.54, 1.807) is 0 Å². The molecule has 1 aromatic heterocycles. The minimum atomic E-state index is -0.0851. The van der Waals surface area contributed by atoms with E-state index in [0.717, 1.165) is 18.2 Å². The molecule has 6 heteroatoms. The molecule has 0 radical (unpaired) electrons. The van der Waals surface area contributed by atoms with Gasteiger partial charge in [0.1, 0.15) is 10.7 Å². The Kier molecular flexibility index (Phi) is 4.52. The quantitative estimate of drug-likeness (QED) is 0.811. The van der Waals surface area contributed by atoms with Gasteiger partial charge in [-0.05, 0) is 31.6 Å². The second-order valence-corrected chi connectivity index (χ2v) is 6.64. The van der Waals surface area contributed by atoms with E-state index in [9.17, 15) is 4.79 Å². The van der Waals surface area contributed by atoms with Crippen LogP contribution in [0.1, 0.15) is 49.2 Å². The summed E-state index contributed by atoms with van der Waals surface area (Å²) in [4.78, 5) is 19.0. The Bertz CT molecular complexity index is 482. The van der Waals surface area contributed by atoms with Crippen molar-refractivity contribution in [1.29, 1.82) is 0 Å². The maximum absolute atomic E-state index is 12.2. The number of carbonyl (C=O) groups is 1. The molecule has 0 bridgehead atoms. The Balaban J connectivity index is 1.97. The Hall–Kier alpha value is -1.30. The molecule has 0 atom stereocenters. The molecule has 112 valence electrons. The fourth-order valence-electron chi connectivity index (χ4n) is 2.35. The Morgan fingerprint density at radius 2 is 2.20 bits per heavy atom. The Morgan fingerprint density at radius 1 is 1.50 bits per heavy atom. The molecule has 1 fully saturated rings. The van der Waals surface area contributed by atoms with Crippen LogP contribution in [0.3, 0.4) is 0 Å². The van der Waals surface area contributed by atoms with Crippen molar-refractivity contribution in [2.75, 3.05) is 30.8 Å². The number of carbonyl (C=O) groups excluding carboxylic acids is 1. The number of hydrogen-bond acceptors (Lipinski definition) is 5. The predicted octanol–water partition coefficient (Wildman–Crippen LogP) is 2.49. The number of aromatic nitrogens is 1. The maximum Gasteiger partial charge on any atom is 0.265 e. The van der Waals surface area contributed by atoms with Gasteiger partial charge in [0.25, 0.3) is 5.91 Å². The van der Waals surface area contributed by atoms with Gasteiger partial charge in [-0.1, -0.05) is 24.7 Å². The van der Waals surface area contributed by atoms with Gasteiger partial charge in [-0.15, -0.1) is 0 Å². The van der Waals surface area contributed by atoms with Gasteiger partial charge in [0.05, 0.1) is 0 Å². The highest BCUT2D eigenvalue weighted by atomic mass is 32.1. The number of amides is 1. The highest BCUT2D eigenvalue weighted by Crippen LogP contribution is 2.49. The number of thiazole rings is 1. The lowest BCUT2D eigenvalue weighted by Gasteiger charge is -2.14. The van der Waals surface area contributed by atoms with Crippen LogP contribution in [-0.2, 0) is 0 Å². The van der Waals surface area contributed by atoms with Crippen LogP contribution in [0.4, 0.5) is 10.9 Å². The summed E-state index contributed by atoms with van der Waals surface area (Å²) >= 11 is 1.36. The minimum Gasteiger partial charge on any atom is -0.382 e. The van der Waals surface area contributed by atoms with Crippen molar-refractivity contribution in [3.63, 3.8) is 0 Å².